The summed E-state index contributed by atoms with van der Waals surface area (Å²) in [6, 6.07) is 17.4. The molecule has 5 heterocycles. The topological polar surface area (TPSA) is 101 Å². The number of rotatable bonds is 6. The maximum atomic E-state index is 13.4. The van der Waals surface area contributed by atoms with Gasteiger partial charge < -0.3 is 8.94 Å². The second-order valence-electron chi connectivity index (χ2n) is 9.61. The summed E-state index contributed by atoms with van der Waals surface area (Å²) < 4.78 is 11.2. The van der Waals surface area contributed by atoms with Gasteiger partial charge in [-0.25, -0.2) is 5.01 Å². The molecule has 4 aromatic rings. The number of amides is 1. The van der Waals surface area contributed by atoms with Gasteiger partial charge in [-0.15, -0.1) is 0 Å². The van der Waals surface area contributed by atoms with Crippen LogP contribution in [0.5, 0.6) is 0 Å². The molecule has 1 fully saturated rings. The van der Waals surface area contributed by atoms with E-state index in [-0.39, 0.29) is 17.9 Å². The van der Waals surface area contributed by atoms with Crippen molar-refractivity contribution in [3.8, 4) is 11.5 Å². The van der Waals surface area contributed by atoms with Crippen molar-refractivity contribution in [1.29, 1.82) is 0 Å². The number of likely N-dealkylation sites (tertiary alicyclic amines) is 1. The summed E-state index contributed by atoms with van der Waals surface area (Å²) in [5, 5.41) is 10.5. The lowest BCUT2D eigenvalue weighted by atomic mass is 9.96. The van der Waals surface area contributed by atoms with Gasteiger partial charge in [0, 0.05) is 18.5 Å². The number of benzene rings is 1. The molecule has 0 saturated carbocycles. The molecule has 1 aromatic carbocycles. The zero-order valence-electron chi connectivity index (χ0n) is 20.7. The Morgan fingerprint density at radius 3 is 2.62 bits per heavy atom. The first-order valence-electron chi connectivity index (χ1n) is 12.6. The number of pyridine rings is 1. The number of aryl methyl sites for hydroxylation is 1. The predicted octanol–water partition coefficient (Wildman–Crippen LogP) is 4.59. The van der Waals surface area contributed by atoms with E-state index in [4.69, 9.17) is 14.0 Å². The number of hydrazone groups is 1. The Morgan fingerprint density at radius 2 is 1.89 bits per heavy atom. The van der Waals surface area contributed by atoms with Crippen molar-refractivity contribution in [1.82, 2.24) is 25.0 Å². The second-order valence-corrected chi connectivity index (χ2v) is 9.61. The summed E-state index contributed by atoms with van der Waals surface area (Å²) in [6.45, 7) is 3.90. The number of carbonyl (C=O) groups excluding carboxylic acids is 1. The quantitative estimate of drug-likeness (QED) is 0.385. The van der Waals surface area contributed by atoms with E-state index >= 15 is 0 Å². The Morgan fingerprint density at radius 1 is 1.05 bits per heavy atom. The Balaban J connectivity index is 1.11. The predicted molar refractivity (Wildman–Crippen MR) is 137 cm³/mol. The van der Waals surface area contributed by atoms with E-state index in [0.29, 0.717) is 30.4 Å². The van der Waals surface area contributed by atoms with Crippen LogP contribution in [0.25, 0.3) is 11.5 Å². The molecule has 9 nitrogen and oxygen atoms in total. The molecule has 2 aliphatic heterocycles. The van der Waals surface area contributed by atoms with Crippen LogP contribution < -0.4 is 0 Å². The molecule has 1 atom stereocenters. The smallest absolute Gasteiger partial charge is 0.257 e. The zero-order valence-corrected chi connectivity index (χ0v) is 20.7. The first-order valence-corrected chi connectivity index (χ1v) is 12.6. The third kappa shape index (κ3) is 4.95. The van der Waals surface area contributed by atoms with Crippen molar-refractivity contribution in [2.45, 2.75) is 38.1 Å². The highest BCUT2D eigenvalue weighted by atomic mass is 16.5. The summed E-state index contributed by atoms with van der Waals surface area (Å²) in [5.41, 5.74) is 3.81. The normalized spacial score (nSPS) is 18.8. The van der Waals surface area contributed by atoms with Crippen LogP contribution in [0, 0.1) is 6.92 Å². The van der Waals surface area contributed by atoms with Crippen LogP contribution >= 0.6 is 0 Å². The van der Waals surface area contributed by atoms with Crippen LogP contribution in [0.4, 0.5) is 0 Å². The summed E-state index contributed by atoms with van der Waals surface area (Å²) in [6.07, 6.45) is 5.67. The lowest BCUT2D eigenvalue weighted by molar-refractivity contribution is -0.134. The maximum absolute atomic E-state index is 13.4. The molecular formula is C28H28N6O3. The highest BCUT2D eigenvalue weighted by Gasteiger charge is 2.36. The van der Waals surface area contributed by atoms with Gasteiger partial charge in [0.15, 0.2) is 0 Å². The molecule has 0 N–H and O–H groups in total. The van der Waals surface area contributed by atoms with Crippen molar-refractivity contribution in [3.63, 3.8) is 0 Å². The van der Waals surface area contributed by atoms with E-state index in [2.05, 4.69) is 51.2 Å². The standard InChI is InChI=1S/C28H28N6O3/c1-19-7-9-20(10-8-19)23-17-24(25-6-4-16-36-25)34(31-23)26(35)18-33-14-11-21(12-15-33)28-30-27(32-37-28)22-5-2-3-13-29-22/h2-10,13,16,21,24H,11-12,14-15,17-18H2,1H3. The molecule has 0 bridgehead atoms. The van der Waals surface area contributed by atoms with Gasteiger partial charge in [-0.1, -0.05) is 41.1 Å². The van der Waals surface area contributed by atoms with Crippen LogP contribution in [-0.2, 0) is 4.79 Å². The first-order chi connectivity index (χ1) is 18.1. The number of furan rings is 1. The van der Waals surface area contributed by atoms with Crippen molar-refractivity contribution >= 4 is 11.6 Å². The molecule has 1 saturated heterocycles. The van der Waals surface area contributed by atoms with Crippen LogP contribution in [0.1, 0.15) is 54.0 Å². The van der Waals surface area contributed by atoms with E-state index in [9.17, 15) is 4.79 Å². The van der Waals surface area contributed by atoms with Gasteiger partial charge in [0.2, 0.25) is 11.7 Å². The van der Waals surface area contributed by atoms with Crippen molar-refractivity contribution in [2.75, 3.05) is 19.6 Å². The SMILES string of the molecule is Cc1ccc(C2=NN(C(=O)CN3CCC(c4nc(-c5ccccn5)no4)CC3)C(c3ccco3)C2)cc1. The van der Waals surface area contributed by atoms with Gasteiger partial charge in [0.25, 0.3) is 5.91 Å². The van der Waals surface area contributed by atoms with Gasteiger partial charge >= 0.3 is 0 Å². The summed E-state index contributed by atoms with van der Waals surface area (Å²) in [5.74, 6) is 2.03. The molecule has 2 aliphatic rings. The Labute approximate surface area is 214 Å². The molecule has 3 aromatic heterocycles. The third-order valence-corrected chi connectivity index (χ3v) is 7.05. The third-order valence-electron chi connectivity index (χ3n) is 7.05. The molecule has 6 rings (SSSR count). The number of nitrogens with zero attached hydrogens (tertiary/aromatic N) is 6. The Hall–Kier alpha value is -4.11. The van der Waals surface area contributed by atoms with Crippen molar-refractivity contribution < 1.29 is 13.7 Å². The molecule has 9 heteroatoms. The highest BCUT2D eigenvalue weighted by molar-refractivity contribution is 6.03. The largest absolute Gasteiger partial charge is 0.467 e. The van der Waals surface area contributed by atoms with Crippen LogP contribution in [0.3, 0.4) is 0 Å². The van der Waals surface area contributed by atoms with Gasteiger partial charge in [-0.3, -0.25) is 14.7 Å². The average Bonchev–Trinajstić information content (AvgIpc) is 3.71. The Bertz CT molecular complexity index is 1370. The molecule has 188 valence electrons. The minimum absolute atomic E-state index is 0.0304. The lowest BCUT2D eigenvalue weighted by Crippen LogP contribution is -2.41. The molecule has 0 spiro atoms. The minimum atomic E-state index is -0.236. The monoisotopic (exact) mass is 496 g/mol. The fourth-order valence-corrected chi connectivity index (χ4v) is 4.97. The van der Waals surface area contributed by atoms with Crippen LogP contribution in [-0.4, -0.2) is 56.3 Å². The molecular weight excluding hydrogens is 468 g/mol. The summed E-state index contributed by atoms with van der Waals surface area (Å²) in [7, 11) is 0. The maximum Gasteiger partial charge on any atom is 0.257 e. The van der Waals surface area contributed by atoms with E-state index in [0.717, 1.165) is 43.0 Å². The summed E-state index contributed by atoms with van der Waals surface area (Å²) >= 11 is 0. The van der Waals surface area contributed by atoms with Gasteiger partial charge in [0.1, 0.15) is 17.5 Å². The minimum Gasteiger partial charge on any atom is -0.467 e. The molecule has 0 radical (unpaired) electrons. The van der Waals surface area contributed by atoms with Gasteiger partial charge in [-0.2, -0.15) is 10.1 Å². The first kappa shape index (κ1) is 23.3. The Kier molecular flexibility index (Phi) is 6.36. The van der Waals surface area contributed by atoms with E-state index in [1.54, 1.807) is 17.5 Å². The summed E-state index contributed by atoms with van der Waals surface area (Å²) in [4.78, 5) is 24.5. The van der Waals surface area contributed by atoms with Crippen LogP contribution in [0.15, 0.2) is 81.1 Å². The average molecular weight is 497 g/mol. The second kappa shape index (κ2) is 10.1. The number of hydrogen-bond acceptors (Lipinski definition) is 8. The van der Waals surface area contributed by atoms with Crippen molar-refractivity contribution in [3.05, 3.63) is 89.8 Å². The van der Waals surface area contributed by atoms with E-state index in [1.807, 2.05) is 30.3 Å². The fourth-order valence-electron chi connectivity index (χ4n) is 4.97. The number of piperidine rings is 1. The van der Waals surface area contributed by atoms with E-state index in [1.165, 1.54) is 5.56 Å². The fraction of sp³-hybridized carbons (Fsp3) is 0.321. The lowest BCUT2D eigenvalue weighted by Gasteiger charge is -2.31. The molecule has 37 heavy (non-hydrogen) atoms. The number of carbonyl (C=O) groups is 1. The van der Waals surface area contributed by atoms with Gasteiger partial charge in [-0.05, 0) is 62.7 Å². The zero-order chi connectivity index (χ0) is 25.2. The molecule has 1 unspecified atom stereocenters. The van der Waals surface area contributed by atoms with E-state index < -0.39 is 0 Å². The highest BCUT2D eigenvalue weighted by Crippen LogP contribution is 2.34. The van der Waals surface area contributed by atoms with Gasteiger partial charge in [0.05, 0.1) is 18.5 Å². The number of aromatic nitrogens is 3. The van der Waals surface area contributed by atoms with Crippen molar-refractivity contribution in [2.24, 2.45) is 5.10 Å². The molecule has 1 amide bonds. The van der Waals surface area contributed by atoms with Crippen LogP contribution in [0.2, 0.25) is 0 Å². The molecule has 0 aliphatic carbocycles. The number of hydrogen-bond donors (Lipinski definition) is 0.